The van der Waals surface area contributed by atoms with E-state index in [0.29, 0.717) is 12.8 Å². The molecule has 0 saturated heterocycles. The summed E-state index contributed by atoms with van der Waals surface area (Å²) in [5.74, 6) is -0.737. The zero-order valence-corrected chi connectivity index (χ0v) is 9.23. The third kappa shape index (κ3) is 4.59. The Morgan fingerprint density at radius 1 is 1.25 bits per heavy atom. The predicted octanol–water partition coefficient (Wildman–Crippen LogP) is 1.60. The second-order valence-electron chi connectivity index (χ2n) is 3.41. The van der Waals surface area contributed by atoms with Gasteiger partial charge < -0.3 is 4.84 Å². The van der Waals surface area contributed by atoms with Crippen molar-refractivity contribution in [3.8, 4) is 0 Å². The standard InChI is InChI=1S/C12H15NO3/c1-2-6-12(15)16-13-11(14)9-10-7-4-3-5-8-10/h3-5,7-8H,2,6,9H2,1H3,(H,13,14). The summed E-state index contributed by atoms with van der Waals surface area (Å²) in [6.07, 6.45) is 1.22. The maximum atomic E-state index is 11.3. The Morgan fingerprint density at radius 2 is 1.94 bits per heavy atom. The molecule has 0 radical (unpaired) electrons. The van der Waals surface area contributed by atoms with Gasteiger partial charge in [-0.2, -0.15) is 5.48 Å². The first kappa shape index (κ1) is 12.2. The van der Waals surface area contributed by atoms with Crippen molar-refractivity contribution in [3.63, 3.8) is 0 Å². The summed E-state index contributed by atoms with van der Waals surface area (Å²) in [5, 5.41) is 0. The summed E-state index contributed by atoms with van der Waals surface area (Å²) < 4.78 is 0. The highest BCUT2D eigenvalue weighted by Gasteiger charge is 2.06. The van der Waals surface area contributed by atoms with E-state index in [1.807, 2.05) is 37.3 Å². The number of hydrogen-bond donors (Lipinski definition) is 1. The lowest BCUT2D eigenvalue weighted by molar-refractivity contribution is -0.158. The van der Waals surface area contributed by atoms with E-state index in [2.05, 4.69) is 10.3 Å². The molecule has 0 spiro atoms. The minimum Gasteiger partial charge on any atom is -0.341 e. The highest BCUT2D eigenvalue weighted by molar-refractivity contribution is 5.79. The quantitative estimate of drug-likeness (QED) is 0.786. The fourth-order valence-electron chi connectivity index (χ4n) is 1.19. The van der Waals surface area contributed by atoms with Crippen LogP contribution in [0.4, 0.5) is 0 Å². The molecule has 1 rings (SSSR count). The van der Waals surface area contributed by atoms with Crippen molar-refractivity contribution < 1.29 is 14.4 Å². The number of rotatable bonds is 4. The van der Waals surface area contributed by atoms with Gasteiger partial charge >= 0.3 is 5.97 Å². The van der Waals surface area contributed by atoms with Gasteiger partial charge in [-0.25, -0.2) is 4.79 Å². The molecular formula is C12H15NO3. The van der Waals surface area contributed by atoms with Crippen molar-refractivity contribution in [2.75, 3.05) is 0 Å². The van der Waals surface area contributed by atoms with Crippen LogP contribution in [0.1, 0.15) is 25.3 Å². The van der Waals surface area contributed by atoms with Gasteiger partial charge in [-0.1, -0.05) is 37.3 Å². The van der Waals surface area contributed by atoms with Crippen LogP contribution < -0.4 is 5.48 Å². The smallest absolute Gasteiger partial charge is 0.332 e. The molecular weight excluding hydrogens is 206 g/mol. The summed E-state index contributed by atoms with van der Waals surface area (Å²) in [6.45, 7) is 1.87. The molecule has 1 amide bonds. The van der Waals surface area contributed by atoms with Gasteiger partial charge in [0, 0.05) is 6.42 Å². The zero-order chi connectivity index (χ0) is 11.8. The normalized spacial score (nSPS) is 9.56. The van der Waals surface area contributed by atoms with Gasteiger partial charge in [-0.15, -0.1) is 0 Å². The van der Waals surface area contributed by atoms with Crippen molar-refractivity contribution >= 4 is 11.9 Å². The molecule has 4 nitrogen and oxygen atoms in total. The molecule has 0 aromatic heterocycles. The number of benzene rings is 1. The molecule has 0 heterocycles. The lowest BCUT2D eigenvalue weighted by Gasteiger charge is -2.04. The molecule has 0 aliphatic rings. The average Bonchev–Trinajstić information content (AvgIpc) is 2.28. The molecule has 0 aliphatic heterocycles. The molecule has 0 bridgehead atoms. The molecule has 1 N–H and O–H groups in total. The van der Waals surface area contributed by atoms with Crippen LogP contribution >= 0.6 is 0 Å². The van der Waals surface area contributed by atoms with Crippen molar-refractivity contribution in [2.24, 2.45) is 0 Å². The summed E-state index contributed by atoms with van der Waals surface area (Å²) in [4.78, 5) is 26.9. The first-order valence-corrected chi connectivity index (χ1v) is 5.24. The molecule has 0 fully saturated rings. The van der Waals surface area contributed by atoms with Gasteiger partial charge in [0.25, 0.3) is 5.91 Å². The van der Waals surface area contributed by atoms with Crippen LogP contribution in [0.5, 0.6) is 0 Å². The van der Waals surface area contributed by atoms with Crippen molar-refractivity contribution in [3.05, 3.63) is 35.9 Å². The number of amides is 1. The number of hydrogen-bond acceptors (Lipinski definition) is 3. The van der Waals surface area contributed by atoms with E-state index < -0.39 is 5.97 Å². The summed E-state index contributed by atoms with van der Waals surface area (Å²) in [5.41, 5.74) is 3.01. The number of carbonyl (C=O) groups excluding carboxylic acids is 2. The van der Waals surface area contributed by atoms with Crippen molar-refractivity contribution in [1.29, 1.82) is 0 Å². The maximum absolute atomic E-state index is 11.3. The molecule has 0 unspecified atom stereocenters. The van der Waals surface area contributed by atoms with E-state index in [1.54, 1.807) is 0 Å². The molecule has 86 valence electrons. The van der Waals surface area contributed by atoms with Gasteiger partial charge in [0.05, 0.1) is 6.42 Å². The summed E-state index contributed by atoms with van der Waals surface area (Å²) in [6, 6.07) is 9.26. The number of carbonyl (C=O) groups is 2. The van der Waals surface area contributed by atoms with Crippen LogP contribution in [0.3, 0.4) is 0 Å². The molecule has 1 aromatic carbocycles. The van der Waals surface area contributed by atoms with Crippen LogP contribution in [-0.2, 0) is 20.8 Å². The molecule has 4 heteroatoms. The predicted molar refractivity (Wildman–Crippen MR) is 59.3 cm³/mol. The van der Waals surface area contributed by atoms with Gasteiger partial charge in [-0.05, 0) is 12.0 Å². The van der Waals surface area contributed by atoms with E-state index in [1.165, 1.54) is 0 Å². The van der Waals surface area contributed by atoms with Crippen LogP contribution in [0.2, 0.25) is 0 Å². The van der Waals surface area contributed by atoms with Crippen LogP contribution in [0, 0.1) is 0 Å². The first-order chi connectivity index (χ1) is 7.72. The average molecular weight is 221 g/mol. The van der Waals surface area contributed by atoms with Crippen LogP contribution in [0.15, 0.2) is 30.3 Å². The number of nitrogens with one attached hydrogen (secondary N) is 1. The van der Waals surface area contributed by atoms with Crippen LogP contribution in [-0.4, -0.2) is 11.9 Å². The SMILES string of the molecule is CCCC(=O)ONC(=O)Cc1ccccc1. The van der Waals surface area contributed by atoms with E-state index in [0.717, 1.165) is 5.56 Å². The Hall–Kier alpha value is -1.84. The van der Waals surface area contributed by atoms with E-state index in [4.69, 9.17) is 0 Å². The lowest BCUT2D eigenvalue weighted by atomic mass is 10.1. The second kappa shape index (κ2) is 6.61. The van der Waals surface area contributed by atoms with E-state index in [9.17, 15) is 9.59 Å². The highest BCUT2D eigenvalue weighted by atomic mass is 16.7. The fraction of sp³-hybridized carbons (Fsp3) is 0.333. The Balaban J connectivity index is 2.29. The van der Waals surface area contributed by atoms with Crippen molar-refractivity contribution in [2.45, 2.75) is 26.2 Å². The molecule has 16 heavy (non-hydrogen) atoms. The molecule has 0 atom stereocenters. The zero-order valence-electron chi connectivity index (χ0n) is 9.23. The maximum Gasteiger partial charge on any atom is 0.332 e. The highest BCUT2D eigenvalue weighted by Crippen LogP contribution is 1.99. The minimum atomic E-state index is -0.413. The van der Waals surface area contributed by atoms with Gasteiger partial charge in [0.2, 0.25) is 0 Å². The van der Waals surface area contributed by atoms with Gasteiger partial charge in [0.15, 0.2) is 0 Å². The fourth-order valence-corrected chi connectivity index (χ4v) is 1.19. The summed E-state index contributed by atoms with van der Waals surface area (Å²) in [7, 11) is 0. The third-order valence-electron chi connectivity index (χ3n) is 1.94. The van der Waals surface area contributed by atoms with Gasteiger partial charge in [-0.3, -0.25) is 4.79 Å². The Bertz CT molecular complexity index is 349. The largest absolute Gasteiger partial charge is 0.341 e. The lowest BCUT2D eigenvalue weighted by Crippen LogP contribution is -2.28. The molecule has 1 aromatic rings. The Kier molecular flexibility index (Phi) is 5.05. The molecule has 0 saturated carbocycles. The monoisotopic (exact) mass is 221 g/mol. The Labute approximate surface area is 94.6 Å². The Morgan fingerprint density at radius 3 is 2.56 bits per heavy atom. The topological polar surface area (TPSA) is 55.4 Å². The van der Waals surface area contributed by atoms with E-state index in [-0.39, 0.29) is 12.3 Å². The van der Waals surface area contributed by atoms with E-state index >= 15 is 0 Å². The summed E-state index contributed by atoms with van der Waals surface area (Å²) >= 11 is 0. The first-order valence-electron chi connectivity index (χ1n) is 5.24. The molecule has 0 aliphatic carbocycles. The second-order valence-corrected chi connectivity index (χ2v) is 3.41. The van der Waals surface area contributed by atoms with Crippen LogP contribution in [0.25, 0.3) is 0 Å². The third-order valence-corrected chi connectivity index (χ3v) is 1.94. The van der Waals surface area contributed by atoms with Gasteiger partial charge in [0.1, 0.15) is 0 Å². The van der Waals surface area contributed by atoms with Crippen molar-refractivity contribution in [1.82, 2.24) is 5.48 Å². The number of hydroxylamine groups is 1. The minimum absolute atomic E-state index is 0.209.